The van der Waals surface area contributed by atoms with Crippen molar-refractivity contribution in [2.45, 2.75) is 58.7 Å². The molecule has 0 radical (unpaired) electrons. The number of unbranched alkanes of at least 4 members (excludes halogenated alkanes) is 2. The van der Waals surface area contributed by atoms with E-state index in [0.717, 1.165) is 45.5 Å². The number of ether oxygens (including phenoxy) is 5. The standard InChI is InChI=1S/C22H38O5/c1-22(2,3)27-20-26-18-17-24-16-10-15-23-13-8-5-9-14-25-19-21-11-6-4-7-12-21/h4,6-7,11-12H,5,8-10,13-20H2,1-3H3. The first-order valence-electron chi connectivity index (χ1n) is 10.1. The van der Waals surface area contributed by atoms with E-state index in [2.05, 4.69) is 12.1 Å². The molecule has 0 unspecified atom stereocenters. The van der Waals surface area contributed by atoms with E-state index in [1.807, 2.05) is 39.0 Å². The first kappa shape index (κ1) is 24.1. The van der Waals surface area contributed by atoms with E-state index in [-0.39, 0.29) is 5.60 Å². The Kier molecular flexibility index (Phi) is 14.3. The Bertz CT molecular complexity index is 430. The van der Waals surface area contributed by atoms with E-state index < -0.39 is 0 Å². The molecule has 5 heteroatoms. The number of rotatable bonds is 17. The molecule has 0 aliphatic heterocycles. The largest absolute Gasteiger partial charge is 0.381 e. The summed E-state index contributed by atoms with van der Waals surface area (Å²) in [5.74, 6) is 0. The van der Waals surface area contributed by atoms with Gasteiger partial charge in [-0.15, -0.1) is 0 Å². The Balaban J connectivity index is 1.71. The first-order valence-corrected chi connectivity index (χ1v) is 10.1. The van der Waals surface area contributed by atoms with Crippen LogP contribution in [0.4, 0.5) is 0 Å². The zero-order valence-electron chi connectivity index (χ0n) is 17.4. The van der Waals surface area contributed by atoms with Crippen LogP contribution >= 0.6 is 0 Å². The molecule has 0 saturated carbocycles. The van der Waals surface area contributed by atoms with Gasteiger partial charge in [-0.25, -0.2) is 0 Å². The van der Waals surface area contributed by atoms with Gasteiger partial charge in [0.15, 0.2) is 0 Å². The third-order valence-electron chi connectivity index (χ3n) is 3.71. The van der Waals surface area contributed by atoms with Crippen LogP contribution in [0, 0.1) is 0 Å². The molecule has 0 heterocycles. The highest BCUT2D eigenvalue weighted by molar-refractivity contribution is 5.13. The summed E-state index contributed by atoms with van der Waals surface area (Å²) < 4.78 is 27.6. The van der Waals surface area contributed by atoms with E-state index in [9.17, 15) is 0 Å². The molecule has 27 heavy (non-hydrogen) atoms. The van der Waals surface area contributed by atoms with Crippen LogP contribution in [0.1, 0.15) is 52.0 Å². The number of hydrogen-bond acceptors (Lipinski definition) is 5. The molecule has 5 nitrogen and oxygen atoms in total. The van der Waals surface area contributed by atoms with E-state index in [0.29, 0.717) is 33.2 Å². The fraction of sp³-hybridized carbons (Fsp3) is 0.727. The molecule has 0 amide bonds. The second-order valence-corrected chi connectivity index (χ2v) is 7.46. The highest BCUT2D eigenvalue weighted by atomic mass is 16.7. The Morgan fingerprint density at radius 2 is 1.22 bits per heavy atom. The van der Waals surface area contributed by atoms with Crippen molar-refractivity contribution in [2.24, 2.45) is 0 Å². The molecule has 0 aliphatic carbocycles. The molecule has 0 atom stereocenters. The third-order valence-corrected chi connectivity index (χ3v) is 3.71. The van der Waals surface area contributed by atoms with Crippen LogP contribution in [0.2, 0.25) is 0 Å². The lowest BCUT2D eigenvalue weighted by Gasteiger charge is -2.19. The molecule has 0 N–H and O–H groups in total. The van der Waals surface area contributed by atoms with Gasteiger partial charge in [-0.3, -0.25) is 0 Å². The van der Waals surface area contributed by atoms with Crippen molar-refractivity contribution in [2.75, 3.05) is 46.4 Å². The van der Waals surface area contributed by atoms with Gasteiger partial charge < -0.3 is 23.7 Å². The van der Waals surface area contributed by atoms with E-state index in [1.165, 1.54) is 5.56 Å². The van der Waals surface area contributed by atoms with Gasteiger partial charge in [0.2, 0.25) is 0 Å². The maximum atomic E-state index is 5.67. The van der Waals surface area contributed by atoms with Crippen molar-refractivity contribution in [3.8, 4) is 0 Å². The van der Waals surface area contributed by atoms with Crippen molar-refractivity contribution in [1.82, 2.24) is 0 Å². The van der Waals surface area contributed by atoms with E-state index in [4.69, 9.17) is 23.7 Å². The van der Waals surface area contributed by atoms with Crippen molar-refractivity contribution in [1.29, 1.82) is 0 Å². The minimum absolute atomic E-state index is 0.159. The predicted molar refractivity (Wildman–Crippen MR) is 108 cm³/mol. The van der Waals surface area contributed by atoms with Gasteiger partial charge in [0.25, 0.3) is 0 Å². The van der Waals surface area contributed by atoms with Gasteiger partial charge >= 0.3 is 0 Å². The van der Waals surface area contributed by atoms with E-state index >= 15 is 0 Å². The zero-order chi connectivity index (χ0) is 19.6. The second kappa shape index (κ2) is 16.0. The van der Waals surface area contributed by atoms with Gasteiger partial charge in [-0.05, 0) is 52.0 Å². The van der Waals surface area contributed by atoms with Crippen LogP contribution < -0.4 is 0 Å². The summed E-state index contributed by atoms with van der Waals surface area (Å²) in [4.78, 5) is 0. The average molecular weight is 383 g/mol. The molecule has 1 aromatic carbocycles. The SMILES string of the molecule is CC(C)(C)OCOCCOCCCOCCCCCOCc1ccccc1. The quantitative estimate of drug-likeness (QED) is 0.291. The Labute approximate surface area is 165 Å². The fourth-order valence-electron chi connectivity index (χ4n) is 2.21. The van der Waals surface area contributed by atoms with E-state index in [1.54, 1.807) is 0 Å². The minimum Gasteiger partial charge on any atom is -0.381 e. The predicted octanol–water partition coefficient (Wildman–Crippen LogP) is 4.59. The van der Waals surface area contributed by atoms with Crippen LogP contribution in [-0.4, -0.2) is 52.0 Å². The van der Waals surface area contributed by atoms with Crippen LogP contribution in [0.3, 0.4) is 0 Å². The summed E-state index contributed by atoms with van der Waals surface area (Å²) in [5, 5.41) is 0. The lowest BCUT2D eigenvalue weighted by molar-refractivity contribution is -0.127. The third kappa shape index (κ3) is 16.9. The smallest absolute Gasteiger partial charge is 0.147 e. The van der Waals surface area contributed by atoms with Gasteiger partial charge in [-0.2, -0.15) is 0 Å². The number of hydrogen-bond donors (Lipinski definition) is 0. The summed E-state index contributed by atoms with van der Waals surface area (Å²) in [7, 11) is 0. The summed E-state index contributed by atoms with van der Waals surface area (Å²) >= 11 is 0. The monoisotopic (exact) mass is 382 g/mol. The molecule has 156 valence electrons. The summed E-state index contributed by atoms with van der Waals surface area (Å²) in [6, 6.07) is 10.3. The molecule has 1 rings (SSSR count). The Morgan fingerprint density at radius 3 is 1.93 bits per heavy atom. The zero-order valence-corrected chi connectivity index (χ0v) is 17.4. The minimum atomic E-state index is -0.159. The summed E-state index contributed by atoms with van der Waals surface area (Å²) in [6.07, 6.45) is 4.22. The molecular weight excluding hydrogens is 344 g/mol. The highest BCUT2D eigenvalue weighted by Gasteiger charge is 2.08. The van der Waals surface area contributed by atoms with Crippen molar-refractivity contribution in [3.63, 3.8) is 0 Å². The summed E-state index contributed by atoms with van der Waals surface area (Å²) in [5.41, 5.74) is 1.07. The maximum absolute atomic E-state index is 5.67. The lowest BCUT2D eigenvalue weighted by atomic mass is 10.2. The van der Waals surface area contributed by atoms with Crippen molar-refractivity contribution >= 4 is 0 Å². The number of benzene rings is 1. The van der Waals surface area contributed by atoms with Crippen LogP contribution in [0.25, 0.3) is 0 Å². The van der Waals surface area contributed by atoms with Crippen LogP contribution in [0.5, 0.6) is 0 Å². The van der Waals surface area contributed by atoms with Crippen molar-refractivity contribution in [3.05, 3.63) is 35.9 Å². The van der Waals surface area contributed by atoms with Crippen molar-refractivity contribution < 1.29 is 23.7 Å². The molecular formula is C22H38O5. The highest BCUT2D eigenvalue weighted by Crippen LogP contribution is 2.06. The van der Waals surface area contributed by atoms with Gasteiger partial charge in [0, 0.05) is 26.4 Å². The molecule has 0 aromatic heterocycles. The normalized spacial score (nSPS) is 11.8. The molecule has 0 saturated heterocycles. The Hall–Kier alpha value is -0.980. The molecule has 0 fully saturated rings. The molecule has 0 aliphatic rings. The van der Waals surface area contributed by atoms with Crippen LogP contribution in [-0.2, 0) is 30.3 Å². The second-order valence-electron chi connectivity index (χ2n) is 7.46. The maximum Gasteiger partial charge on any atom is 0.147 e. The molecule has 0 bridgehead atoms. The molecule has 0 spiro atoms. The Morgan fingerprint density at radius 1 is 0.630 bits per heavy atom. The average Bonchev–Trinajstić information content (AvgIpc) is 2.64. The lowest BCUT2D eigenvalue weighted by Crippen LogP contribution is -2.21. The summed E-state index contributed by atoms with van der Waals surface area (Å²) in [6.45, 7) is 11.3. The van der Waals surface area contributed by atoms with Gasteiger partial charge in [0.1, 0.15) is 6.79 Å². The van der Waals surface area contributed by atoms with Gasteiger partial charge in [0.05, 0.1) is 25.4 Å². The topological polar surface area (TPSA) is 46.2 Å². The first-order chi connectivity index (χ1) is 13.1. The van der Waals surface area contributed by atoms with Gasteiger partial charge in [-0.1, -0.05) is 30.3 Å². The fourth-order valence-corrected chi connectivity index (χ4v) is 2.21. The van der Waals surface area contributed by atoms with Crippen LogP contribution in [0.15, 0.2) is 30.3 Å². The molecule has 1 aromatic rings.